The summed E-state index contributed by atoms with van der Waals surface area (Å²) < 4.78 is 6.16. The zero-order valence-corrected chi connectivity index (χ0v) is 16.9. The monoisotopic (exact) mass is 427 g/mol. The Hall–Kier alpha value is -2.83. The van der Waals surface area contributed by atoms with E-state index >= 15 is 0 Å². The van der Waals surface area contributed by atoms with Crippen LogP contribution in [0.3, 0.4) is 0 Å². The Balaban J connectivity index is 1.51. The molecule has 1 heterocycles. The number of carbonyl (C=O) groups is 2. The van der Waals surface area contributed by atoms with Gasteiger partial charge in [0.2, 0.25) is 0 Å². The molecule has 0 radical (unpaired) electrons. The highest BCUT2D eigenvalue weighted by molar-refractivity contribution is 7.16. The predicted molar refractivity (Wildman–Crippen MR) is 112 cm³/mol. The van der Waals surface area contributed by atoms with E-state index in [0.717, 1.165) is 27.1 Å². The quantitative estimate of drug-likeness (QED) is 0.584. The number of carbonyl (C=O) groups excluding carboxylic acids is 1. The van der Waals surface area contributed by atoms with Crippen LogP contribution in [0.15, 0.2) is 60.7 Å². The van der Waals surface area contributed by atoms with E-state index in [1.807, 2.05) is 36.4 Å². The number of carboxylic acids is 1. The van der Waals surface area contributed by atoms with E-state index in [1.165, 1.54) is 16.2 Å². The van der Waals surface area contributed by atoms with Crippen molar-refractivity contribution in [3.63, 3.8) is 0 Å². The van der Waals surface area contributed by atoms with E-state index in [4.69, 9.17) is 16.3 Å². The molecule has 0 saturated heterocycles. The number of benzene rings is 2. The summed E-state index contributed by atoms with van der Waals surface area (Å²) in [6.45, 7) is -0.152. The number of nitrogens with zero attached hydrogens (tertiary/aromatic N) is 1. The normalized spacial score (nSPS) is 12.3. The third-order valence-electron chi connectivity index (χ3n) is 4.90. The summed E-state index contributed by atoms with van der Waals surface area (Å²) in [5.41, 5.74) is 4.49. The molecular weight excluding hydrogens is 410 g/mol. The highest BCUT2D eigenvalue weighted by atomic mass is 35.5. The number of rotatable bonds is 6. The highest BCUT2D eigenvalue weighted by Gasteiger charge is 2.30. The number of fused-ring (bicyclic) bond motifs is 3. The molecule has 0 spiro atoms. The first kappa shape index (κ1) is 19.5. The van der Waals surface area contributed by atoms with Crippen LogP contribution in [0.4, 0.5) is 4.79 Å². The summed E-state index contributed by atoms with van der Waals surface area (Å²) in [6.07, 6.45) is -0.654. The lowest BCUT2D eigenvalue weighted by Gasteiger charge is -2.21. The molecule has 148 valence electrons. The second kappa shape index (κ2) is 8.27. The van der Waals surface area contributed by atoms with Crippen molar-refractivity contribution in [3.8, 4) is 11.1 Å². The summed E-state index contributed by atoms with van der Waals surface area (Å²) in [6, 6.07) is 19.6. The van der Waals surface area contributed by atoms with Gasteiger partial charge in [0.05, 0.1) is 10.9 Å². The molecular formula is C22H18ClNO4S. The van der Waals surface area contributed by atoms with E-state index in [2.05, 4.69) is 12.1 Å². The number of carboxylic acid groups (broad SMARTS) is 1. The third-order valence-corrected chi connectivity index (χ3v) is 6.11. The molecule has 0 fully saturated rings. The van der Waals surface area contributed by atoms with Gasteiger partial charge in [-0.1, -0.05) is 60.1 Å². The van der Waals surface area contributed by atoms with Gasteiger partial charge in [0.15, 0.2) is 0 Å². The molecule has 7 heteroatoms. The smallest absolute Gasteiger partial charge is 0.410 e. The average molecular weight is 428 g/mol. The zero-order chi connectivity index (χ0) is 20.4. The van der Waals surface area contributed by atoms with Gasteiger partial charge in [-0.3, -0.25) is 9.69 Å². The summed E-state index contributed by atoms with van der Waals surface area (Å²) in [4.78, 5) is 25.9. The van der Waals surface area contributed by atoms with Crippen molar-refractivity contribution >= 4 is 35.0 Å². The van der Waals surface area contributed by atoms with Crippen LogP contribution in [0.2, 0.25) is 4.34 Å². The molecule has 3 aromatic rings. The molecule has 4 rings (SSSR count). The molecule has 29 heavy (non-hydrogen) atoms. The van der Waals surface area contributed by atoms with Crippen molar-refractivity contribution < 1.29 is 19.4 Å². The van der Waals surface area contributed by atoms with Crippen molar-refractivity contribution in [2.75, 3.05) is 13.2 Å². The van der Waals surface area contributed by atoms with E-state index in [1.54, 1.807) is 12.1 Å². The largest absolute Gasteiger partial charge is 0.480 e. The van der Waals surface area contributed by atoms with Gasteiger partial charge in [-0.15, -0.1) is 11.3 Å². The lowest BCUT2D eigenvalue weighted by molar-refractivity contribution is -0.138. The maximum atomic E-state index is 12.7. The molecule has 1 amide bonds. The van der Waals surface area contributed by atoms with Crippen molar-refractivity contribution in [1.82, 2.24) is 4.90 Å². The fourth-order valence-electron chi connectivity index (χ4n) is 3.66. The Morgan fingerprint density at radius 3 is 2.17 bits per heavy atom. The number of halogens is 1. The Labute approximate surface area is 177 Å². The number of aliphatic carboxylic acids is 1. The van der Waals surface area contributed by atoms with Crippen LogP contribution in [-0.4, -0.2) is 35.2 Å². The minimum atomic E-state index is -1.10. The van der Waals surface area contributed by atoms with Crippen molar-refractivity contribution in [2.24, 2.45) is 0 Å². The highest BCUT2D eigenvalue weighted by Crippen LogP contribution is 2.44. The molecule has 0 bridgehead atoms. The van der Waals surface area contributed by atoms with E-state index < -0.39 is 18.6 Å². The number of amides is 1. The topological polar surface area (TPSA) is 66.8 Å². The van der Waals surface area contributed by atoms with Gasteiger partial charge in [0.1, 0.15) is 13.2 Å². The predicted octanol–water partition coefficient (Wildman–Crippen LogP) is 5.24. The first-order valence-corrected chi connectivity index (χ1v) is 10.3. The van der Waals surface area contributed by atoms with Gasteiger partial charge in [0, 0.05) is 10.8 Å². The lowest BCUT2D eigenvalue weighted by atomic mass is 9.98. The van der Waals surface area contributed by atoms with Gasteiger partial charge in [-0.2, -0.15) is 0 Å². The van der Waals surface area contributed by atoms with Gasteiger partial charge in [-0.05, 0) is 34.4 Å². The number of hydrogen-bond acceptors (Lipinski definition) is 4. The van der Waals surface area contributed by atoms with E-state index in [0.29, 0.717) is 4.34 Å². The maximum Gasteiger partial charge on any atom is 0.410 e. The van der Waals surface area contributed by atoms with Crippen LogP contribution in [0.5, 0.6) is 0 Å². The van der Waals surface area contributed by atoms with Crippen molar-refractivity contribution in [1.29, 1.82) is 0 Å². The maximum absolute atomic E-state index is 12.7. The first-order valence-electron chi connectivity index (χ1n) is 9.09. The standard InChI is InChI=1S/C22H18ClNO4S/c23-20-10-9-14(29-20)11-24(12-21(25)26)22(27)28-13-19-17-7-3-1-5-15(17)16-6-2-4-8-18(16)19/h1-10,19H,11-13H2,(H,25,26). The van der Waals surface area contributed by atoms with E-state index in [9.17, 15) is 14.7 Å². The lowest BCUT2D eigenvalue weighted by Crippen LogP contribution is -2.36. The van der Waals surface area contributed by atoms with Gasteiger partial charge in [-0.25, -0.2) is 4.79 Å². The summed E-state index contributed by atoms with van der Waals surface area (Å²) >= 11 is 7.25. The Morgan fingerprint density at radius 2 is 1.62 bits per heavy atom. The van der Waals surface area contributed by atoms with Crippen LogP contribution in [0.1, 0.15) is 21.9 Å². The fraction of sp³-hybridized carbons (Fsp3) is 0.182. The Kier molecular flexibility index (Phi) is 5.56. The van der Waals surface area contributed by atoms with Gasteiger partial charge < -0.3 is 9.84 Å². The van der Waals surface area contributed by atoms with Crippen LogP contribution in [0, 0.1) is 0 Å². The van der Waals surface area contributed by atoms with Crippen LogP contribution < -0.4 is 0 Å². The number of ether oxygens (including phenoxy) is 1. The third kappa shape index (κ3) is 4.13. The van der Waals surface area contributed by atoms with Crippen LogP contribution in [0.25, 0.3) is 11.1 Å². The number of thiophene rings is 1. The van der Waals surface area contributed by atoms with Crippen LogP contribution >= 0.6 is 22.9 Å². The molecule has 0 unspecified atom stereocenters. The molecule has 0 saturated carbocycles. The summed E-state index contributed by atoms with van der Waals surface area (Å²) in [7, 11) is 0. The van der Waals surface area contributed by atoms with Gasteiger partial charge >= 0.3 is 12.1 Å². The fourth-order valence-corrected chi connectivity index (χ4v) is 4.76. The minimum absolute atomic E-state index is 0.0748. The Bertz CT molecular complexity index is 1020. The molecule has 0 aliphatic heterocycles. The molecule has 1 N–H and O–H groups in total. The zero-order valence-electron chi connectivity index (χ0n) is 15.4. The SMILES string of the molecule is O=C(O)CN(Cc1ccc(Cl)s1)C(=O)OCC1c2ccccc2-c2ccccc21. The second-order valence-corrected chi connectivity index (χ2v) is 8.56. The van der Waals surface area contributed by atoms with E-state index in [-0.39, 0.29) is 19.1 Å². The second-order valence-electron chi connectivity index (χ2n) is 6.76. The molecule has 1 aliphatic rings. The summed E-state index contributed by atoms with van der Waals surface area (Å²) in [5, 5.41) is 9.18. The average Bonchev–Trinajstić information content (AvgIpc) is 3.26. The first-order chi connectivity index (χ1) is 14.0. The van der Waals surface area contributed by atoms with Gasteiger partial charge in [0.25, 0.3) is 0 Å². The molecule has 5 nitrogen and oxygen atoms in total. The molecule has 0 atom stereocenters. The molecule has 2 aromatic carbocycles. The molecule has 1 aromatic heterocycles. The minimum Gasteiger partial charge on any atom is -0.480 e. The Morgan fingerprint density at radius 1 is 1.00 bits per heavy atom. The van der Waals surface area contributed by atoms with Crippen LogP contribution in [-0.2, 0) is 16.1 Å². The van der Waals surface area contributed by atoms with Crippen molar-refractivity contribution in [3.05, 3.63) is 81.0 Å². The summed E-state index contributed by atoms with van der Waals surface area (Å²) in [5.74, 6) is -1.17. The molecule has 1 aliphatic carbocycles. The number of hydrogen-bond donors (Lipinski definition) is 1. The van der Waals surface area contributed by atoms with Crippen molar-refractivity contribution in [2.45, 2.75) is 12.5 Å².